The van der Waals surface area contributed by atoms with E-state index >= 15 is 0 Å². The SMILES string of the molecule is CCOC=O.Clc1ccccc1Cl. The van der Waals surface area contributed by atoms with Crippen molar-refractivity contribution in [2.45, 2.75) is 6.92 Å². The molecule has 0 N–H and O–H groups in total. The number of carbonyl (C=O) groups is 1. The fraction of sp³-hybridized carbons (Fsp3) is 0.222. The average Bonchev–Trinajstić information content (AvgIpc) is 2.13. The van der Waals surface area contributed by atoms with Gasteiger partial charge in [-0.1, -0.05) is 35.3 Å². The first-order valence-corrected chi connectivity index (χ1v) is 4.43. The Balaban J connectivity index is 0.000000252. The van der Waals surface area contributed by atoms with Crippen LogP contribution >= 0.6 is 23.2 Å². The van der Waals surface area contributed by atoms with Gasteiger partial charge in [0.15, 0.2) is 0 Å². The van der Waals surface area contributed by atoms with Gasteiger partial charge in [0, 0.05) is 0 Å². The highest BCUT2D eigenvalue weighted by Gasteiger charge is 1.89. The number of benzene rings is 1. The lowest BCUT2D eigenvalue weighted by Gasteiger charge is -1.88. The molecule has 0 saturated carbocycles. The molecule has 0 atom stereocenters. The Morgan fingerprint density at radius 2 is 1.77 bits per heavy atom. The van der Waals surface area contributed by atoms with Gasteiger partial charge in [-0.2, -0.15) is 0 Å². The van der Waals surface area contributed by atoms with Crippen molar-refractivity contribution in [1.82, 2.24) is 0 Å². The fourth-order valence-corrected chi connectivity index (χ4v) is 0.779. The molecule has 72 valence electrons. The minimum Gasteiger partial charge on any atom is -0.468 e. The minimum atomic E-state index is 0.431. The zero-order chi connectivity index (χ0) is 10.1. The third-order valence-corrected chi connectivity index (χ3v) is 1.81. The maximum atomic E-state index is 9.18. The topological polar surface area (TPSA) is 26.3 Å². The molecule has 0 aliphatic carbocycles. The van der Waals surface area contributed by atoms with Gasteiger partial charge in [-0.25, -0.2) is 0 Å². The van der Waals surface area contributed by atoms with Crippen LogP contribution in [0.1, 0.15) is 6.92 Å². The van der Waals surface area contributed by atoms with Crippen LogP contribution in [0.4, 0.5) is 0 Å². The largest absolute Gasteiger partial charge is 0.468 e. The fourth-order valence-electron chi connectivity index (χ4n) is 0.507. The average molecular weight is 221 g/mol. The summed E-state index contributed by atoms with van der Waals surface area (Å²) in [5.74, 6) is 0. The molecule has 4 heteroatoms. The molecule has 0 aliphatic heterocycles. The number of hydrogen-bond acceptors (Lipinski definition) is 2. The molecule has 1 aromatic carbocycles. The molecule has 0 saturated heterocycles. The van der Waals surface area contributed by atoms with Gasteiger partial charge in [0.05, 0.1) is 16.7 Å². The number of halogens is 2. The maximum absolute atomic E-state index is 9.18. The Hall–Kier alpha value is -0.730. The summed E-state index contributed by atoms with van der Waals surface area (Å²) < 4.78 is 4.15. The van der Waals surface area contributed by atoms with Gasteiger partial charge in [-0.15, -0.1) is 0 Å². The smallest absolute Gasteiger partial charge is 0.293 e. The molecule has 0 fully saturated rings. The first kappa shape index (κ1) is 12.3. The highest BCUT2D eigenvalue weighted by molar-refractivity contribution is 6.41. The van der Waals surface area contributed by atoms with Crippen molar-refractivity contribution in [1.29, 1.82) is 0 Å². The molecule has 0 bridgehead atoms. The highest BCUT2D eigenvalue weighted by Crippen LogP contribution is 2.19. The van der Waals surface area contributed by atoms with E-state index in [9.17, 15) is 4.79 Å². The molecule has 13 heavy (non-hydrogen) atoms. The number of rotatable bonds is 2. The van der Waals surface area contributed by atoms with Crippen LogP contribution in [-0.2, 0) is 9.53 Å². The first-order valence-electron chi connectivity index (χ1n) is 3.67. The zero-order valence-electron chi connectivity index (χ0n) is 7.17. The number of carbonyl (C=O) groups excluding carboxylic acids is 1. The Morgan fingerprint density at radius 3 is 1.92 bits per heavy atom. The van der Waals surface area contributed by atoms with E-state index in [1.165, 1.54) is 0 Å². The molecule has 0 radical (unpaired) electrons. The summed E-state index contributed by atoms with van der Waals surface area (Å²) in [6, 6.07) is 7.19. The van der Waals surface area contributed by atoms with Gasteiger partial charge < -0.3 is 4.74 Å². The third kappa shape index (κ3) is 6.43. The molecular weight excluding hydrogens is 211 g/mol. The van der Waals surface area contributed by atoms with Crippen molar-refractivity contribution >= 4 is 29.7 Å². The van der Waals surface area contributed by atoms with E-state index in [1.54, 1.807) is 19.1 Å². The van der Waals surface area contributed by atoms with E-state index < -0.39 is 0 Å². The minimum absolute atomic E-state index is 0.431. The van der Waals surface area contributed by atoms with Crippen LogP contribution in [0.2, 0.25) is 10.0 Å². The second-order valence-electron chi connectivity index (χ2n) is 1.97. The zero-order valence-corrected chi connectivity index (χ0v) is 8.68. The van der Waals surface area contributed by atoms with Crippen molar-refractivity contribution in [2.24, 2.45) is 0 Å². The van der Waals surface area contributed by atoms with Crippen LogP contribution in [-0.4, -0.2) is 13.1 Å². The summed E-state index contributed by atoms with van der Waals surface area (Å²) in [4.78, 5) is 9.18. The van der Waals surface area contributed by atoms with Crippen LogP contribution in [0.3, 0.4) is 0 Å². The second kappa shape index (κ2) is 7.90. The Bertz CT molecular complexity index is 230. The maximum Gasteiger partial charge on any atom is 0.293 e. The lowest BCUT2D eigenvalue weighted by atomic mass is 10.4. The summed E-state index contributed by atoms with van der Waals surface area (Å²) in [7, 11) is 0. The summed E-state index contributed by atoms with van der Waals surface area (Å²) >= 11 is 11.2. The molecule has 1 aromatic rings. The van der Waals surface area contributed by atoms with E-state index in [1.807, 2.05) is 12.1 Å². The van der Waals surface area contributed by atoms with Crippen molar-refractivity contribution in [2.75, 3.05) is 6.61 Å². The predicted molar refractivity (Wildman–Crippen MR) is 54.2 cm³/mol. The molecule has 0 heterocycles. The highest BCUT2D eigenvalue weighted by atomic mass is 35.5. The molecule has 0 spiro atoms. The molecule has 0 unspecified atom stereocenters. The van der Waals surface area contributed by atoms with Gasteiger partial charge in [0.2, 0.25) is 0 Å². The van der Waals surface area contributed by atoms with Gasteiger partial charge in [0.25, 0.3) is 6.47 Å². The van der Waals surface area contributed by atoms with Crippen molar-refractivity contribution < 1.29 is 9.53 Å². The van der Waals surface area contributed by atoms with Crippen LogP contribution in [0.5, 0.6) is 0 Å². The van der Waals surface area contributed by atoms with Gasteiger partial charge >= 0.3 is 0 Å². The van der Waals surface area contributed by atoms with E-state index in [2.05, 4.69) is 4.74 Å². The molecule has 0 aromatic heterocycles. The quantitative estimate of drug-likeness (QED) is 0.717. The second-order valence-corrected chi connectivity index (χ2v) is 2.78. The van der Waals surface area contributed by atoms with Crippen molar-refractivity contribution in [3.63, 3.8) is 0 Å². The van der Waals surface area contributed by atoms with Gasteiger partial charge in [-0.05, 0) is 19.1 Å². The first-order chi connectivity index (χ1) is 6.22. The Morgan fingerprint density at radius 1 is 1.31 bits per heavy atom. The summed E-state index contributed by atoms with van der Waals surface area (Å²) in [5.41, 5.74) is 0. The molecule has 0 aliphatic rings. The number of ether oxygens (including phenoxy) is 1. The van der Waals surface area contributed by atoms with Crippen LogP contribution < -0.4 is 0 Å². The van der Waals surface area contributed by atoms with E-state index in [0.29, 0.717) is 23.1 Å². The van der Waals surface area contributed by atoms with Crippen molar-refractivity contribution in [3.8, 4) is 0 Å². The predicted octanol–water partition coefficient (Wildman–Crippen LogP) is 3.17. The monoisotopic (exact) mass is 220 g/mol. The summed E-state index contributed by atoms with van der Waals surface area (Å²) in [5, 5.41) is 1.21. The third-order valence-electron chi connectivity index (χ3n) is 1.06. The van der Waals surface area contributed by atoms with E-state index in [0.717, 1.165) is 0 Å². The van der Waals surface area contributed by atoms with Gasteiger partial charge in [-0.3, -0.25) is 4.79 Å². The Kier molecular flexibility index (Phi) is 7.45. The van der Waals surface area contributed by atoms with Crippen LogP contribution in [0.25, 0.3) is 0 Å². The van der Waals surface area contributed by atoms with E-state index in [-0.39, 0.29) is 0 Å². The molecule has 2 nitrogen and oxygen atoms in total. The van der Waals surface area contributed by atoms with Crippen molar-refractivity contribution in [3.05, 3.63) is 34.3 Å². The lowest BCUT2D eigenvalue weighted by molar-refractivity contribution is -0.128. The Labute approximate surface area is 87.4 Å². The standard InChI is InChI=1S/C6H4Cl2.C3H6O2/c7-5-3-1-2-4-6(5)8;1-2-5-3-4/h1-4H;3H,2H2,1H3. The number of hydrogen-bond donors (Lipinski definition) is 0. The molecule has 1 rings (SSSR count). The summed E-state index contributed by atoms with van der Waals surface area (Å²) in [6.07, 6.45) is 0. The normalized spacial score (nSPS) is 8.23. The lowest BCUT2D eigenvalue weighted by Crippen LogP contribution is -1.80. The molecular formula is C9H10Cl2O2. The van der Waals surface area contributed by atoms with Crippen LogP contribution in [0, 0.1) is 0 Å². The molecule has 0 amide bonds. The summed E-state index contributed by atoms with van der Waals surface area (Å²) in [6.45, 7) is 2.66. The van der Waals surface area contributed by atoms with Crippen LogP contribution in [0.15, 0.2) is 24.3 Å². The van der Waals surface area contributed by atoms with Gasteiger partial charge in [0.1, 0.15) is 0 Å². The van der Waals surface area contributed by atoms with E-state index in [4.69, 9.17) is 23.2 Å².